The van der Waals surface area contributed by atoms with E-state index in [-0.39, 0.29) is 5.91 Å². The van der Waals surface area contributed by atoms with E-state index in [1.54, 1.807) is 21.3 Å². The van der Waals surface area contributed by atoms with E-state index in [9.17, 15) is 4.79 Å². The van der Waals surface area contributed by atoms with Crippen LogP contribution in [0.5, 0.6) is 11.5 Å². The molecule has 0 aliphatic rings. The fraction of sp³-hybridized carbons (Fsp3) is 0.320. The van der Waals surface area contributed by atoms with Gasteiger partial charge in [0.05, 0.1) is 25.3 Å². The summed E-state index contributed by atoms with van der Waals surface area (Å²) in [6, 6.07) is 13.4. The fourth-order valence-corrected chi connectivity index (χ4v) is 3.95. The Morgan fingerprint density at radius 2 is 1.76 bits per heavy atom. The molecule has 0 aliphatic carbocycles. The Balaban J connectivity index is 1.71. The number of hydrogen-bond acceptors (Lipinski definition) is 7. The van der Waals surface area contributed by atoms with Crippen LogP contribution in [-0.4, -0.2) is 54.9 Å². The molecule has 2 aromatic heterocycles. The summed E-state index contributed by atoms with van der Waals surface area (Å²) in [6.07, 6.45) is 1.35. The average Bonchev–Trinajstić information content (AvgIpc) is 3.13. The van der Waals surface area contributed by atoms with Crippen LogP contribution in [0.2, 0.25) is 0 Å². The lowest BCUT2D eigenvalue weighted by atomic mass is 10.1. The smallest absolute Gasteiger partial charge is 0.257 e. The Bertz CT molecular complexity index is 1320. The second-order valence-corrected chi connectivity index (χ2v) is 7.84. The van der Waals surface area contributed by atoms with Gasteiger partial charge in [0, 0.05) is 26.8 Å². The van der Waals surface area contributed by atoms with Gasteiger partial charge in [-0.3, -0.25) is 4.79 Å². The molecule has 0 radical (unpaired) electrons. The molecule has 4 rings (SSSR count). The molecule has 2 aromatic carbocycles. The van der Waals surface area contributed by atoms with E-state index in [0.717, 1.165) is 11.1 Å². The molecule has 3 N–H and O–H groups in total. The summed E-state index contributed by atoms with van der Waals surface area (Å²) in [5.41, 5.74) is 10.4. The maximum atomic E-state index is 13.1. The highest BCUT2D eigenvalue weighted by molar-refractivity contribution is 6.10. The van der Waals surface area contributed by atoms with Crippen molar-refractivity contribution < 1.29 is 19.0 Å². The molecule has 0 atom stereocenters. The number of aromatic nitrogens is 3. The highest BCUT2D eigenvalue weighted by Gasteiger charge is 2.23. The Hall–Kier alpha value is -3.85. The van der Waals surface area contributed by atoms with E-state index in [0.29, 0.717) is 72.1 Å². The molecule has 0 saturated carbocycles. The first-order valence-electron chi connectivity index (χ1n) is 11.1. The number of nitrogen functional groups attached to an aromatic ring is 1. The Kier molecular flexibility index (Phi) is 7.12. The van der Waals surface area contributed by atoms with Gasteiger partial charge in [-0.25, -0.2) is 9.97 Å². The number of para-hydroxylation sites is 2. The SMILES string of the molecule is COCCCNC(=O)c1c(N)n(CCc2ccc(OC)c(OC)c2)c2nc3ccccc3nc12. The van der Waals surface area contributed by atoms with Crippen LogP contribution in [0.15, 0.2) is 42.5 Å². The number of nitrogens with one attached hydrogen (secondary N) is 1. The van der Waals surface area contributed by atoms with Gasteiger partial charge in [-0.15, -0.1) is 0 Å². The third-order valence-electron chi connectivity index (χ3n) is 5.70. The van der Waals surface area contributed by atoms with Crippen LogP contribution >= 0.6 is 0 Å². The highest BCUT2D eigenvalue weighted by atomic mass is 16.5. The van der Waals surface area contributed by atoms with Crippen LogP contribution < -0.4 is 20.5 Å². The van der Waals surface area contributed by atoms with Gasteiger partial charge in [0.2, 0.25) is 0 Å². The molecule has 9 heteroatoms. The fourth-order valence-electron chi connectivity index (χ4n) is 3.95. The number of anilines is 1. The Labute approximate surface area is 197 Å². The number of fused-ring (bicyclic) bond motifs is 2. The van der Waals surface area contributed by atoms with Gasteiger partial charge in [0.1, 0.15) is 16.9 Å². The topological polar surface area (TPSA) is 114 Å². The summed E-state index contributed by atoms with van der Waals surface area (Å²) >= 11 is 0. The Morgan fingerprint density at radius 1 is 1.03 bits per heavy atom. The van der Waals surface area contributed by atoms with E-state index >= 15 is 0 Å². The number of benzene rings is 2. The van der Waals surface area contributed by atoms with Gasteiger partial charge in [-0.1, -0.05) is 18.2 Å². The minimum absolute atomic E-state index is 0.270. The van der Waals surface area contributed by atoms with E-state index in [1.165, 1.54) is 0 Å². The predicted molar refractivity (Wildman–Crippen MR) is 132 cm³/mol. The second kappa shape index (κ2) is 10.4. The molecule has 9 nitrogen and oxygen atoms in total. The molecule has 178 valence electrons. The maximum absolute atomic E-state index is 13.1. The quantitative estimate of drug-likeness (QED) is 0.347. The lowest BCUT2D eigenvalue weighted by Crippen LogP contribution is -2.26. The lowest BCUT2D eigenvalue weighted by Gasteiger charge is -2.11. The zero-order chi connectivity index (χ0) is 24.1. The molecule has 0 aliphatic heterocycles. The van der Waals surface area contributed by atoms with Crippen molar-refractivity contribution in [1.29, 1.82) is 0 Å². The number of nitrogens with zero attached hydrogens (tertiary/aromatic N) is 3. The molecule has 0 bridgehead atoms. The summed E-state index contributed by atoms with van der Waals surface area (Å²) in [5.74, 6) is 1.40. The van der Waals surface area contributed by atoms with Crippen molar-refractivity contribution in [2.24, 2.45) is 0 Å². The first-order valence-corrected chi connectivity index (χ1v) is 11.1. The normalized spacial score (nSPS) is 11.1. The standard InChI is InChI=1S/C25H29N5O4/c1-32-14-6-12-27-25(31)21-22-24(29-18-8-5-4-7-17(18)28-22)30(23(21)26)13-11-16-9-10-19(33-2)20(15-16)34-3/h4-5,7-10,15H,6,11-14,26H2,1-3H3,(H,27,31). The lowest BCUT2D eigenvalue weighted by molar-refractivity contribution is 0.0951. The van der Waals surface area contributed by atoms with Crippen LogP contribution in [0, 0.1) is 0 Å². The van der Waals surface area contributed by atoms with Gasteiger partial charge in [0.15, 0.2) is 17.1 Å². The Morgan fingerprint density at radius 3 is 2.47 bits per heavy atom. The van der Waals surface area contributed by atoms with Gasteiger partial charge < -0.3 is 29.8 Å². The second-order valence-electron chi connectivity index (χ2n) is 7.84. The first kappa shape index (κ1) is 23.3. The molecule has 2 heterocycles. The molecular weight excluding hydrogens is 434 g/mol. The minimum Gasteiger partial charge on any atom is -0.493 e. The van der Waals surface area contributed by atoms with Crippen molar-refractivity contribution in [3.8, 4) is 11.5 Å². The number of hydrogen-bond donors (Lipinski definition) is 2. The van der Waals surface area contributed by atoms with Gasteiger partial charge in [-0.05, 0) is 42.7 Å². The number of carbonyl (C=O) groups excluding carboxylic acids is 1. The zero-order valence-corrected chi connectivity index (χ0v) is 19.6. The van der Waals surface area contributed by atoms with Crippen LogP contribution in [0.3, 0.4) is 0 Å². The highest BCUT2D eigenvalue weighted by Crippen LogP contribution is 2.30. The third-order valence-corrected chi connectivity index (χ3v) is 5.70. The maximum Gasteiger partial charge on any atom is 0.257 e. The summed E-state index contributed by atoms with van der Waals surface area (Å²) < 4.78 is 17.7. The molecule has 4 aromatic rings. The van der Waals surface area contributed by atoms with Crippen molar-refractivity contribution in [2.75, 3.05) is 40.2 Å². The number of methoxy groups -OCH3 is 3. The molecule has 0 saturated heterocycles. The number of nitrogens with two attached hydrogens (primary N) is 1. The van der Waals surface area contributed by atoms with Crippen molar-refractivity contribution in [3.63, 3.8) is 0 Å². The van der Waals surface area contributed by atoms with Gasteiger partial charge >= 0.3 is 0 Å². The number of amides is 1. The number of ether oxygens (including phenoxy) is 3. The average molecular weight is 464 g/mol. The number of rotatable bonds is 10. The molecule has 0 fully saturated rings. The van der Waals surface area contributed by atoms with E-state index in [4.69, 9.17) is 29.9 Å². The van der Waals surface area contributed by atoms with Crippen molar-refractivity contribution >= 4 is 33.9 Å². The van der Waals surface area contributed by atoms with Crippen LogP contribution in [0.25, 0.3) is 22.2 Å². The summed E-state index contributed by atoms with van der Waals surface area (Å²) in [6.45, 7) is 1.56. The van der Waals surface area contributed by atoms with E-state index < -0.39 is 0 Å². The number of aryl methyl sites for hydroxylation is 2. The molecule has 0 spiro atoms. The van der Waals surface area contributed by atoms with E-state index in [2.05, 4.69) is 5.32 Å². The third kappa shape index (κ3) is 4.60. The predicted octanol–water partition coefficient (Wildman–Crippen LogP) is 3.19. The van der Waals surface area contributed by atoms with Crippen molar-refractivity contribution in [2.45, 2.75) is 19.4 Å². The summed E-state index contributed by atoms with van der Waals surface area (Å²) in [5, 5.41) is 2.92. The molecule has 34 heavy (non-hydrogen) atoms. The largest absolute Gasteiger partial charge is 0.493 e. The molecule has 1 amide bonds. The van der Waals surface area contributed by atoms with E-state index in [1.807, 2.05) is 47.0 Å². The van der Waals surface area contributed by atoms with Gasteiger partial charge in [-0.2, -0.15) is 0 Å². The van der Waals surface area contributed by atoms with Crippen LogP contribution in [0.4, 0.5) is 5.82 Å². The first-order chi connectivity index (χ1) is 16.6. The minimum atomic E-state index is -0.270. The molecular formula is C25H29N5O4. The number of carbonyl (C=O) groups is 1. The monoisotopic (exact) mass is 463 g/mol. The van der Waals surface area contributed by atoms with Crippen molar-refractivity contribution in [3.05, 3.63) is 53.6 Å². The summed E-state index contributed by atoms with van der Waals surface area (Å²) in [7, 11) is 4.85. The molecule has 0 unspecified atom stereocenters. The van der Waals surface area contributed by atoms with Crippen LogP contribution in [-0.2, 0) is 17.7 Å². The van der Waals surface area contributed by atoms with Gasteiger partial charge in [0.25, 0.3) is 5.91 Å². The van der Waals surface area contributed by atoms with Crippen molar-refractivity contribution in [1.82, 2.24) is 19.9 Å². The zero-order valence-electron chi connectivity index (χ0n) is 19.6. The summed E-state index contributed by atoms with van der Waals surface area (Å²) in [4.78, 5) is 22.6. The van der Waals surface area contributed by atoms with Crippen LogP contribution in [0.1, 0.15) is 22.3 Å².